The van der Waals surface area contributed by atoms with Gasteiger partial charge in [0.1, 0.15) is 0 Å². The quantitative estimate of drug-likeness (QED) is 0.383. The van der Waals surface area contributed by atoms with Crippen molar-refractivity contribution in [3.05, 3.63) is 35.3 Å². The van der Waals surface area contributed by atoms with Gasteiger partial charge >= 0.3 is 12.1 Å². The van der Waals surface area contributed by atoms with E-state index in [-0.39, 0.29) is 16.7 Å². The molecule has 2 aromatic rings. The number of ether oxygens (including phenoxy) is 2. The van der Waals surface area contributed by atoms with Crippen molar-refractivity contribution in [1.82, 2.24) is 10.3 Å². The van der Waals surface area contributed by atoms with Gasteiger partial charge in [-0.2, -0.15) is 5.26 Å². The van der Waals surface area contributed by atoms with Crippen molar-refractivity contribution < 1.29 is 19.1 Å². The van der Waals surface area contributed by atoms with E-state index in [1.807, 2.05) is 26.0 Å². The molecule has 0 fully saturated rings. The van der Waals surface area contributed by atoms with Gasteiger partial charge in [-0.3, -0.25) is 4.98 Å². The minimum absolute atomic E-state index is 0.163. The number of aromatic nitrogens is 1. The van der Waals surface area contributed by atoms with Crippen LogP contribution in [0.25, 0.3) is 10.6 Å². The fourth-order valence-electron chi connectivity index (χ4n) is 2.76. The molecule has 2 heterocycles. The van der Waals surface area contributed by atoms with E-state index in [1.54, 1.807) is 18.3 Å². The monoisotopic (exact) mass is 429 g/mol. The van der Waals surface area contributed by atoms with Crippen molar-refractivity contribution in [3.8, 4) is 22.4 Å². The van der Waals surface area contributed by atoms with Crippen molar-refractivity contribution in [2.24, 2.45) is 0 Å². The van der Waals surface area contributed by atoms with Crippen molar-refractivity contribution in [2.45, 2.75) is 58.5 Å². The van der Waals surface area contributed by atoms with Gasteiger partial charge in [0.05, 0.1) is 22.7 Å². The molecule has 0 radical (unpaired) electrons. The van der Waals surface area contributed by atoms with Crippen LogP contribution in [-0.4, -0.2) is 29.7 Å². The van der Waals surface area contributed by atoms with Gasteiger partial charge in [-0.25, -0.2) is 9.59 Å². The molecule has 0 aromatic carbocycles. The Morgan fingerprint density at radius 3 is 2.83 bits per heavy atom. The number of pyridine rings is 1. The summed E-state index contributed by atoms with van der Waals surface area (Å²) < 4.78 is 10.9. The Hall–Kier alpha value is -2.92. The van der Waals surface area contributed by atoms with Gasteiger partial charge in [-0.15, -0.1) is 11.3 Å². The number of hydrogen-bond donors (Lipinski definition) is 1. The van der Waals surface area contributed by atoms with Crippen LogP contribution in [0.15, 0.2) is 30.5 Å². The van der Waals surface area contributed by atoms with E-state index in [4.69, 9.17) is 14.7 Å². The number of rotatable bonds is 11. The Kier molecular flexibility index (Phi) is 9.81. The molecule has 1 unspecified atom stereocenters. The highest BCUT2D eigenvalue weighted by Gasteiger charge is 2.23. The van der Waals surface area contributed by atoms with Crippen LogP contribution >= 0.6 is 11.3 Å². The summed E-state index contributed by atoms with van der Waals surface area (Å²) in [6.45, 7) is 4.30. The molecular formula is C22H27N3O4S. The standard InChI is InChI=1S/C22H27N3O4S/c1-3-10-16(2)28-21(26)20-18(15-19(30-20)17-11-6-9-13-24-17)29-22(27)25-14-8-5-4-7-12-23/h6,9,11,13,15-16H,3-5,7-8,10,14H2,1-2H3,(H,25,27). The summed E-state index contributed by atoms with van der Waals surface area (Å²) in [5.41, 5.74) is 0.686. The molecule has 2 rings (SSSR count). The van der Waals surface area contributed by atoms with Gasteiger partial charge in [0, 0.05) is 25.2 Å². The van der Waals surface area contributed by atoms with Gasteiger partial charge < -0.3 is 14.8 Å². The summed E-state index contributed by atoms with van der Waals surface area (Å²) in [5.74, 6) is -0.348. The molecule has 1 atom stereocenters. The minimum atomic E-state index is -0.628. The average Bonchev–Trinajstić information content (AvgIpc) is 3.15. The molecule has 1 amide bonds. The van der Waals surface area contributed by atoms with Crippen molar-refractivity contribution >= 4 is 23.4 Å². The topological polar surface area (TPSA) is 101 Å². The third-order valence-electron chi connectivity index (χ3n) is 4.24. The molecule has 160 valence electrons. The van der Waals surface area contributed by atoms with E-state index in [9.17, 15) is 9.59 Å². The molecule has 0 saturated heterocycles. The molecule has 0 saturated carbocycles. The summed E-state index contributed by atoms with van der Waals surface area (Å²) in [6, 6.07) is 9.21. The summed E-state index contributed by atoms with van der Waals surface area (Å²) in [6.07, 6.45) is 5.39. The van der Waals surface area contributed by atoms with Crippen molar-refractivity contribution in [2.75, 3.05) is 6.54 Å². The zero-order valence-electron chi connectivity index (χ0n) is 17.3. The third-order valence-corrected chi connectivity index (χ3v) is 5.36. The molecule has 0 aliphatic heterocycles. The van der Waals surface area contributed by atoms with Crippen LogP contribution in [0.1, 0.15) is 62.0 Å². The number of unbranched alkanes of at least 4 members (excludes halogenated alkanes) is 3. The Balaban J connectivity index is 2.08. The van der Waals surface area contributed by atoms with Crippen LogP contribution in [0.4, 0.5) is 4.79 Å². The number of nitrogens with zero attached hydrogens (tertiary/aromatic N) is 2. The lowest BCUT2D eigenvalue weighted by atomic mass is 10.2. The van der Waals surface area contributed by atoms with Crippen molar-refractivity contribution in [3.63, 3.8) is 0 Å². The van der Waals surface area contributed by atoms with Gasteiger partial charge in [0.15, 0.2) is 10.6 Å². The molecule has 0 aliphatic rings. The van der Waals surface area contributed by atoms with Gasteiger partial charge in [0.2, 0.25) is 0 Å². The van der Waals surface area contributed by atoms with Crippen molar-refractivity contribution in [1.29, 1.82) is 5.26 Å². The Bertz CT molecular complexity index is 861. The number of nitrogens with one attached hydrogen (secondary N) is 1. The second kappa shape index (κ2) is 12.6. The molecule has 30 heavy (non-hydrogen) atoms. The van der Waals surface area contributed by atoms with Crippen LogP contribution in [0, 0.1) is 11.3 Å². The molecule has 2 aromatic heterocycles. The van der Waals surface area contributed by atoms with E-state index >= 15 is 0 Å². The van der Waals surface area contributed by atoms with Crippen LogP contribution in [0.5, 0.6) is 5.75 Å². The number of hydrogen-bond acceptors (Lipinski definition) is 7. The van der Waals surface area contributed by atoms with E-state index in [0.717, 1.165) is 32.1 Å². The molecule has 0 aliphatic carbocycles. The van der Waals surface area contributed by atoms with E-state index < -0.39 is 12.1 Å². The number of thiophene rings is 1. The maximum Gasteiger partial charge on any atom is 0.412 e. The largest absolute Gasteiger partial charge is 0.458 e. The number of carbonyl (C=O) groups is 2. The molecule has 1 N–H and O–H groups in total. The number of carbonyl (C=O) groups excluding carboxylic acids is 2. The first-order valence-corrected chi connectivity index (χ1v) is 11.0. The molecule has 8 heteroatoms. The lowest BCUT2D eigenvalue weighted by Gasteiger charge is -2.12. The van der Waals surface area contributed by atoms with E-state index in [0.29, 0.717) is 23.5 Å². The predicted octanol–water partition coefficient (Wildman–Crippen LogP) is 5.33. The highest BCUT2D eigenvalue weighted by Crippen LogP contribution is 2.36. The van der Waals surface area contributed by atoms with Gasteiger partial charge in [-0.1, -0.05) is 25.8 Å². The highest BCUT2D eigenvalue weighted by molar-refractivity contribution is 7.17. The zero-order chi connectivity index (χ0) is 21.8. The lowest BCUT2D eigenvalue weighted by Crippen LogP contribution is -2.28. The summed E-state index contributed by atoms with van der Waals surface area (Å²) >= 11 is 1.19. The second-order valence-corrected chi connectivity index (χ2v) is 7.86. The maximum absolute atomic E-state index is 12.7. The van der Waals surface area contributed by atoms with Crippen LogP contribution in [-0.2, 0) is 4.74 Å². The fourth-order valence-corrected chi connectivity index (χ4v) is 3.70. The third kappa shape index (κ3) is 7.48. The SMILES string of the molecule is CCCC(C)OC(=O)c1sc(-c2ccccn2)cc1OC(=O)NCCCCCC#N. The zero-order valence-corrected chi connectivity index (χ0v) is 18.2. The summed E-state index contributed by atoms with van der Waals surface area (Å²) in [4.78, 5) is 30.1. The minimum Gasteiger partial charge on any atom is -0.458 e. The lowest BCUT2D eigenvalue weighted by molar-refractivity contribution is 0.0327. The first kappa shape index (κ1) is 23.4. The number of esters is 1. The number of nitriles is 1. The second-order valence-electron chi connectivity index (χ2n) is 6.81. The first-order valence-electron chi connectivity index (χ1n) is 10.1. The fraction of sp³-hybridized carbons (Fsp3) is 0.455. The van der Waals surface area contributed by atoms with Gasteiger partial charge in [0.25, 0.3) is 0 Å². The maximum atomic E-state index is 12.7. The van der Waals surface area contributed by atoms with E-state index in [1.165, 1.54) is 11.3 Å². The molecular weight excluding hydrogens is 402 g/mol. The van der Waals surface area contributed by atoms with Crippen LogP contribution in [0.3, 0.4) is 0 Å². The highest BCUT2D eigenvalue weighted by atomic mass is 32.1. The number of amides is 1. The first-order chi connectivity index (χ1) is 14.5. The molecule has 0 spiro atoms. The summed E-state index contributed by atoms with van der Waals surface area (Å²) in [7, 11) is 0. The summed E-state index contributed by atoms with van der Waals surface area (Å²) in [5, 5.41) is 11.2. The van der Waals surface area contributed by atoms with E-state index in [2.05, 4.69) is 16.4 Å². The predicted molar refractivity (Wildman–Crippen MR) is 115 cm³/mol. The smallest absolute Gasteiger partial charge is 0.412 e. The normalized spacial score (nSPS) is 11.4. The van der Waals surface area contributed by atoms with Crippen LogP contribution in [0.2, 0.25) is 0 Å². The molecule has 0 bridgehead atoms. The Morgan fingerprint density at radius 1 is 1.30 bits per heavy atom. The van der Waals surface area contributed by atoms with Crippen LogP contribution < -0.4 is 10.1 Å². The average molecular weight is 430 g/mol. The van der Waals surface area contributed by atoms with Gasteiger partial charge in [-0.05, 0) is 38.3 Å². The molecule has 7 nitrogen and oxygen atoms in total. The Morgan fingerprint density at radius 2 is 2.13 bits per heavy atom. The Labute approximate surface area is 181 Å².